The minimum Gasteiger partial charge on any atom is -0.385 e. The first-order chi connectivity index (χ1) is 13.1. The summed E-state index contributed by atoms with van der Waals surface area (Å²) in [5, 5.41) is 15.7. The van der Waals surface area contributed by atoms with Crippen LogP contribution in [-0.2, 0) is 6.42 Å². The fourth-order valence-corrected chi connectivity index (χ4v) is 2.78. The van der Waals surface area contributed by atoms with E-state index in [4.69, 9.17) is 16.9 Å². The first kappa shape index (κ1) is 18.4. The van der Waals surface area contributed by atoms with Crippen LogP contribution in [0.4, 0.5) is 11.4 Å². The van der Waals surface area contributed by atoms with Crippen LogP contribution >= 0.6 is 11.6 Å². The van der Waals surface area contributed by atoms with Gasteiger partial charge in [-0.2, -0.15) is 5.26 Å². The van der Waals surface area contributed by atoms with E-state index in [2.05, 4.69) is 15.6 Å². The molecule has 0 saturated carbocycles. The molecule has 0 spiro atoms. The van der Waals surface area contributed by atoms with E-state index in [1.165, 1.54) is 0 Å². The molecule has 0 aliphatic heterocycles. The van der Waals surface area contributed by atoms with Crippen molar-refractivity contribution in [2.45, 2.75) is 6.42 Å². The molecule has 0 aliphatic carbocycles. The molecular formula is C21H17ClN4O. The molecule has 0 unspecified atom stereocenters. The monoisotopic (exact) mass is 376 g/mol. The number of hydrogen-bond donors (Lipinski definition) is 2. The third-order valence-electron chi connectivity index (χ3n) is 3.87. The Bertz CT molecular complexity index is 997. The highest BCUT2D eigenvalue weighted by atomic mass is 35.5. The third-order valence-corrected chi connectivity index (χ3v) is 4.11. The van der Waals surface area contributed by atoms with Crippen LogP contribution in [0.1, 0.15) is 21.6 Å². The lowest BCUT2D eigenvalue weighted by Gasteiger charge is -2.09. The Morgan fingerprint density at radius 2 is 1.93 bits per heavy atom. The molecule has 1 aromatic heterocycles. The summed E-state index contributed by atoms with van der Waals surface area (Å²) in [6.45, 7) is 0.704. The molecule has 134 valence electrons. The molecule has 1 amide bonds. The second-order valence-electron chi connectivity index (χ2n) is 5.88. The number of pyridine rings is 1. The molecule has 3 aromatic rings. The Labute approximate surface area is 162 Å². The fraction of sp³-hybridized carbons (Fsp3) is 0.0952. The van der Waals surface area contributed by atoms with E-state index in [1.807, 2.05) is 36.4 Å². The van der Waals surface area contributed by atoms with Gasteiger partial charge in [0.15, 0.2) is 0 Å². The van der Waals surface area contributed by atoms with Gasteiger partial charge in [-0.25, -0.2) is 0 Å². The zero-order valence-electron chi connectivity index (χ0n) is 14.4. The van der Waals surface area contributed by atoms with Gasteiger partial charge in [0, 0.05) is 29.1 Å². The molecule has 3 rings (SSSR count). The number of nitrogens with zero attached hydrogens (tertiary/aromatic N) is 2. The second kappa shape index (κ2) is 8.84. The Balaban J connectivity index is 1.60. The smallest absolute Gasteiger partial charge is 0.274 e. The highest BCUT2D eigenvalue weighted by Gasteiger charge is 2.09. The number of rotatable bonds is 6. The summed E-state index contributed by atoms with van der Waals surface area (Å²) < 4.78 is 0. The summed E-state index contributed by atoms with van der Waals surface area (Å²) in [7, 11) is 0. The lowest BCUT2D eigenvalue weighted by Crippen LogP contribution is -2.14. The van der Waals surface area contributed by atoms with Crippen LogP contribution in [-0.4, -0.2) is 17.4 Å². The van der Waals surface area contributed by atoms with E-state index in [1.54, 1.807) is 36.5 Å². The summed E-state index contributed by atoms with van der Waals surface area (Å²) in [6, 6.07) is 20.0. The molecule has 0 fully saturated rings. The van der Waals surface area contributed by atoms with Crippen molar-refractivity contribution in [2.75, 3.05) is 17.2 Å². The molecular weight excluding hydrogens is 360 g/mol. The number of nitriles is 1. The van der Waals surface area contributed by atoms with Gasteiger partial charge >= 0.3 is 0 Å². The number of carbonyl (C=O) groups is 1. The third kappa shape index (κ3) is 5.30. The highest BCUT2D eigenvalue weighted by molar-refractivity contribution is 6.30. The summed E-state index contributed by atoms with van der Waals surface area (Å²) in [5.41, 5.74) is 3.28. The minimum absolute atomic E-state index is 0.296. The van der Waals surface area contributed by atoms with Crippen LogP contribution < -0.4 is 10.6 Å². The standard InChI is InChI=1S/C21H17ClN4O/c22-17-5-1-3-15(11-17)7-9-24-18-8-10-25-20(13-18)21(27)26-19-6-2-4-16(12-19)14-23/h1-6,8,10-13H,7,9H2,(H,24,25)(H,26,27). The largest absolute Gasteiger partial charge is 0.385 e. The summed E-state index contributed by atoms with van der Waals surface area (Å²) in [5.74, 6) is -0.330. The number of hydrogen-bond acceptors (Lipinski definition) is 4. The summed E-state index contributed by atoms with van der Waals surface area (Å²) in [6.07, 6.45) is 2.40. The van der Waals surface area contributed by atoms with Gasteiger partial charge in [-0.3, -0.25) is 9.78 Å². The van der Waals surface area contributed by atoms with Gasteiger partial charge in [0.1, 0.15) is 5.69 Å². The zero-order valence-corrected chi connectivity index (χ0v) is 15.2. The molecule has 27 heavy (non-hydrogen) atoms. The molecule has 2 N–H and O–H groups in total. The van der Waals surface area contributed by atoms with Crippen molar-refractivity contribution in [3.8, 4) is 6.07 Å². The van der Waals surface area contributed by atoms with Crippen molar-refractivity contribution in [2.24, 2.45) is 0 Å². The number of carbonyl (C=O) groups excluding carboxylic acids is 1. The van der Waals surface area contributed by atoms with Gasteiger partial charge in [-0.05, 0) is 54.4 Å². The Kier molecular flexibility index (Phi) is 6.03. The molecule has 6 heteroatoms. The van der Waals surface area contributed by atoms with E-state index in [0.29, 0.717) is 23.5 Å². The van der Waals surface area contributed by atoms with Gasteiger partial charge in [0.2, 0.25) is 0 Å². The maximum absolute atomic E-state index is 12.4. The molecule has 0 bridgehead atoms. The van der Waals surface area contributed by atoms with Gasteiger partial charge in [-0.1, -0.05) is 29.8 Å². The topological polar surface area (TPSA) is 77.8 Å². The SMILES string of the molecule is N#Cc1cccc(NC(=O)c2cc(NCCc3cccc(Cl)c3)ccn2)c1. The zero-order chi connectivity index (χ0) is 19.1. The predicted molar refractivity (Wildman–Crippen MR) is 107 cm³/mol. The number of amides is 1. The molecule has 1 heterocycles. The Morgan fingerprint density at radius 1 is 1.07 bits per heavy atom. The van der Waals surface area contributed by atoms with Crippen molar-refractivity contribution in [1.29, 1.82) is 5.26 Å². The highest BCUT2D eigenvalue weighted by Crippen LogP contribution is 2.14. The number of aromatic nitrogens is 1. The maximum atomic E-state index is 12.4. The number of anilines is 2. The van der Waals surface area contributed by atoms with Crippen LogP contribution in [0.3, 0.4) is 0 Å². The van der Waals surface area contributed by atoms with Crippen molar-refractivity contribution >= 4 is 28.9 Å². The summed E-state index contributed by atoms with van der Waals surface area (Å²) >= 11 is 5.99. The number of halogens is 1. The lowest BCUT2D eigenvalue weighted by molar-refractivity contribution is 0.102. The van der Waals surface area contributed by atoms with Crippen LogP contribution in [0.5, 0.6) is 0 Å². The van der Waals surface area contributed by atoms with E-state index in [9.17, 15) is 4.79 Å². The van der Waals surface area contributed by atoms with E-state index >= 15 is 0 Å². The second-order valence-corrected chi connectivity index (χ2v) is 6.32. The van der Waals surface area contributed by atoms with Crippen molar-refractivity contribution in [1.82, 2.24) is 4.98 Å². The lowest BCUT2D eigenvalue weighted by atomic mass is 10.1. The van der Waals surface area contributed by atoms with Gasteiger partial charge in [-0.15, -0.1) is 0 Å². The fourth-order valence-electron chi connectivity index (χ4n) is 2.57. The van der Waals surface area contributed by atoms with Crippen molar-refractivity contribution in [3.63, 3.8) is 0 Å². The average Bonchev–Trinajstić information content (AvgIpc) is 2.68. The average molecular weight is 377 g/mol. The van der Waals surface area contributed by atoms with Crippen LogP contribution in [0.2, 0.25) is 5.02 Å². The van der Waals surface area contributed by atoms with Crippen LogP contribution in [0.25, 0.3) is 0 Å². The quantitative estimate of drug-likeness (QED) is 0.663. The molecule has 0 aliphatic rings. The Hall–Kier alpha value is -3.36. The van der Waals surface area contributed by atoms with Gasteiger partial charge < -0.3 is 10.6 Å². The first-order valence-corrected chi connectivity index (χ1v) is 8.78. The van der Waals surface area contributed by atoms with Crippen molar-refractivity contribution < 1.29 is 4.79 Å². The minimum atomic E-state index is -0.330. The molecule has 0 atom stereocenters. The predicted octanol–water partition coefficient (Wildman–Crippen LogP) is 4.51. The van der Waals surface area contributed by atoms with E-state index < -0.39 is 0 Å². The number of benzene rings is 2. The van der Waals surface area contributed by atoms with E-state index in [0.717, 1.165) is 22.7 Å². The number of nitrogens with one attached hydrogen (secondary N) is 2. The molecule has 2 aromatic carbocycles. The Morgan fingerprint density at radius 3 is 2.74 bits per heavy atom. The van der Waals surface area contributed by atoms with Gasteiger partial charge in [0.05, 0.1) is 11.6 Å². The van der Waals surface area contributed by atoms with Crippen LogP contribution in [0.15, 0.2) is 66.9 Å². The molecule has 0 saturated heterocycles. The molecule has 5 nitrogen and oxygen atoms in total. The maximum Gasteiger partial charge on any atom is 0.274 e. The van der Waals surface area contributed by atoms with Gasteiger partial charge in [0.25, 0.3) is 5.91 Å². The normalized spacial score (nSPS) is 10.1. The molecule has 0 radical (unpaired) electrons. The first-order valence-electron chi connectivity index (χ1n) is 8.40. The summed E-state index contributed by atoms with van der Waals surface area (Å²) in [4.78, 5) is 16.5. The van der Waals surface area contributed by atoms with Crippen molar-refractivity contribution in [3.05, 3.63) is 88.7 Å². The van der Waals surface area contributed by atoms with E-state index in [-0.39, 0.29) is 5.91 Å². The van der Waals surface area contributed by atoms with Crippen LogP contribution in [0, 0.1) is 11.3 Å².